The molecule has 8 heteroatoms. The van der Waals surface area contributed by atoms with Gasteiger partial charge in [-0.15, -0.1) is 0 Å². The molecule has 3 rings (SSSR count). The van der Waals surface area contributed by atoms with Gasteiger partial charge in [-0.3, -0.25) is 14.4 Å². The fourth-order valence-corrected chi connectivity index (χ4v) is 5.66. The van der Waals surface area contributed by atoms with E-state index >= 15 is 0 Å². The number of rotatable bonds is 6. The van der Waals surface area contributed by atoms with E-state index in [1.807, 2.05) is 0 Å². The molecular formula is C22H29ClIN3O3. The van der Waals surface area contributed by atoms with E-state index in [4.69, 9.17) is 17.3 Å². The standard InChI is InChI=1S/C22H29ClIN3O3/c1-21(2)7-4-17(27-20(30)22(19(25)29)5-3-6-22)14(11-21)12-26-18(28)13-8-15(23)10-16(24)9-13/h8-10,14,17H,3-7,11-12H2,1-2H3,(H2,25,29)(H,26,28)(H,27,30). The van der Waals surface area contributed by atoms with Crippen molar-refractivity contribution in [2.75, 3.05) is 6.54 Å². The Labute approximate surface area is 196 Å². The highest BCUT2D eigenvalue weighted by molar-refractivity contribution is 14.1. The third kappa shape index (κ3) is 5.10. The van der Waals surface area contributed by atoms with Crippen LogP contribution in [0.5, 0.6) is 0 Å². The Morgan fingerprint density at radius 2 is 1.90 bits per heavy atom. The van der Waals surface area contributed by atoms with Gasteiger partial charge >= 0.3 is 0 Å². The predicted molar refractivity (Wildman–Crippen MR) is 125 cm³/mol. The van der Waals surface area contributed by atoms with Gasteiger partial charge in [-0.25, -0.2) is 0 Å². The second-order valence-corrected chi connectivity index (χ2v) is 11.1. The number of carbonyl (C=O) groups excluding carboxylic acids is 3. The lowest BCUT2D eigenvalue weighted by atomic mass is 9.66. The third-order valence-corrected chi connectivity index (χ3v) is 7.44. The van der Waals surface area contributed by atoms with Crippen LogP contribution in [0.1, 0.15) is 62.7 Å². The number of nitrogens with one attached hydrogen (secondary N) is 2. The minimum absolute atomic E-state index is 0.0740. The van der Waals surface area contributed by atoms with Crippen LogP contribution in [-0.2, 0) is 9.59 Å². The molecule has 1 aromatic rings. The fourth-order valence-electron chi connectivity index (χ4n) is 4.57. The first-order valence-corrected chi connectivity index (χ1v) is 11.8. The van der Waals surface area contributed by atoms with Crippen molar-refractivity contribution >= 4 is 51.9 Å². The minimum atomic E-state index is -1.06. The maximum Gasteiger partial charge on any atom is 0.251 e. The van der Waals surface area contributed by atoms with Crippen LogP contribution in [0.25, 0.3) is 0 Å². The zero-order valence-corrected chi connectivity index (χ0v) is 20.3. The Kier molecular flexibility index (Phi) is 7.01. The topological polar surface area (TPSA) is 101 Å². The van der Waals surface area contributed by atoms with Gasteiger partial charge in [0.25, 0.3) is 5.91 Å². The smallest absolute Gasteiger partial charge is 0.251 e. The first-order chi connectivity index (χ1) is 14.0. The molecule has 0 bridgehead atoms. The molecule has 30 heavy (non-hydrogen) atoms. The second kappa shape index (κ2) is 9.02. The van der Waals surface area contributed by atoms with Gasteiger partial charge in [0.15, 0.2) is 0 Å². The van der Waals surface area contributed by atoms with Crippen LogP contribution in [0.15, 0.2) is 18.2 Å². The Balaban J connectivity index is 1.68. The summed E-state index contributed by atoms with van der Waals surface area (Å²) >= 11 is 8.21. The molecule has 164 valence electrons. The van der Waals surface area contributed by atoms with Gasteiger partial charge in [0, 0.05) is 26.7 Å². The average Bonchev–Trinajstić information content (AvgIpc) is 2.59. The molecule has 2 atom stereocenters. The molecule has 1 aromatic carbocycles. The molecular weight excluding hydrogens is 517 g/mol. The third-order valence-electron chi connectivity index (χ3n) is 6.60. The summed E-state index contributed by atoms with van der Waals surface area (Å²) in [6.45, 7) is 4.85. The number of benzene rings is 1. The van der Waals surface area contributed by atoms with Crippen LogP contribution < -0.4 is 16.4 Å². The van der Waals surface area contributed by atoms with Crippen LogP contribution in [-0.4, -0.2) is 30.3 Å². The number of carbonyl (C=O) groups is 3. The zero-order chi connectivity index (χ0) is 22.1. The maximum absolute atomic E-state index is 12.9. The highest BCUT2D eigenvalue weighted by Crippen LogP contribution is 2.43. The molecule has 4 N–H and O–H groups in total. The van der Waals surface area contributed by atoms with E-state index in [0.717, 1.165) is 29.3 Å². The summed E-state index contributed by atoms with van der Waals surface area (Å²) in [5, 5.41) is 6.63. The van der Waals surface area contributed by atoms with E-state index < -0.39 is 11.3 Å². The zero-order valence-electron chi connectivity index (χ0n) is 17.4. The summed E-state index contributed by atoms with van der Waals surface area (Å²) in [5.41, 5.74) is 5.12. The van der Waals surface area contributed by atoms with Crippen LogP contribution in [0, 0.1) is 20.3 Å². The largest absolute Gasteiger partial charge is 0.369 e. The van der Waals surface area contributed by atoms with Gasteiger partial charge in [0.1, 0.15) is 5.41 Å². The molecule has 2 fully saturated rings. The van der Waals surface area contributed by atoms with E-state index in [9.17, 15) is 14.4 Å². The van der Waals surface area contributed by atoms with E-state index in [1.54, 1.807) is 18.2 Å². The van der Waals surface area contributed by atoms with Crippen molar-refractivity contribution in [3.8, 4) is 0 Å². The second-order valence-electron chi connectivity index (χ2n) is 9.42. The van der Waals surface area contributed by atoms with Crippen molar-refractivity contribution in [3.05, 3.63) is 32.4 Å². The number of hydrogen-bond donors (Lipinski definition) is 3. The number of amides is 3. The Bertz CT molecular complexity index is 834. The molecule has 2 aliphatic rings. The summed E-state index contributed by atoms with van der Waals surface area (Å²) < 4.78 is 0.895. The normalized spacial score (nSPS) is 24.4. The SMILES string of the molecule is CC1(C)CCC(NC(=O)C2(C(N)=O)CCC2)C(CNC(=O)c2cc(Cl)cc(I)c2)C1. The van der Waals surface area contributed by atoms with Crippen LogP contribution in [0.3, 0.4) is 0 Å². The molecule has 0 heterocycles. The van der Waals surface area contributed by atoms with Gasteiger partial charge in [-0.05, 0) is 84.2 Å². The first kappa shape index (κ1) is 23.3. The molecule has 0 saturated heterocycles. The van der Waals surface area contributed by atoms with Crippen LogP contribution >= 0.6 is 34.2 Å². The van der Waals surface area contributed by atoms with Crippen molar-refractivity contribution in [1.29, 1.82) is 0 Å². The predicted octanol–water partition coefficient (Wildman–Crippen LogP) is 3.64. The lowest BCUT2D eigenvalue weighted by Crippen LogP contribution is -2.58. The number of hydrogen-bond acceptors (Lipinski definition) is 3. The summed E-state index contributed by atoms with van der Waals surface area (Å²) in [5.74, 6) is -0.907. The van der Waals surface area contributed by atoms with E-state index in [2.05, 4.69) is 47.1 Å². The van der Waals surface area contributed by atoms with Crippen LogP contribution in [0.2, 0.25) is 5.02 Å². The van der Waals surface area contributed by atoms with Gasteiger partial charge in [-0.2, -0.15) is 0 Å². The van der Waals surface area contributed by atoms with E-state index in [0.29, 0.717) is 30.0 Å². The number of halogens is 2. The quantitative estimate of drug-likeness (QED) is 0.376. The van der Waals surface area contributed by atoms with E-state index in [-0.39, 0.29) is 29.2 Å². The Morgan fingerprint density at radius 3 is 2.47 bits per heavy atom. The van der Waals surface area contributed by atoms with Gasteiger partial charge < -0.3 is 16.4 Å². The Morgan fingerprint density at radius 1 is 1.20 bits per heavy atom. The van der Waals surface area contributed by atoms with Crippen LogP contribution in [0.4, 0.5) is 0 Å². The molecule has 2 unspecified atom stereocenters. The average molecular weight is 546 g/mol. The lowest BCUT2D eigenvalue weighted by molar-refractivity contribution is -0.148. The lowest BCUT2D eigenvalue weighted by Gasteiger charge is -2.44. The van der Waals surface area contributed by atoms with Crippen molar-refractivity contribution in [3.63, 3.8) is 0 Å². The summed E-state index contributed by atoms with van der Waals surface area (Å²) in [7, 11) is 0. The fraction of sp³-hybridized carbons (Fsp3) is 0.591. The summed E-state index contributed by atoms with van der Waals surface area (Å²) in [6.07, 6.45) is 4.52. The Hall–Kier alpha value is -1.35. The molecule has 0 radical (unpaired) electrons. The first-order valence-electron chi connectivity index (χ1n) is 10.4. The molecule has 0 aromatic heterocycles. The highest BCUT2D eigenvalue weighted by atomic mass is 127. The summed E-state index contributed by atoms with van der Waals surface area (Å²) in [6, 6.07) is 5.14. The van der Waals surface area contributed by atoms with Gasteiger partial charge in [0.2, 0.25) is 11.8 Å². The molecule has 3 amide bonds. The monoisotopic (exact) mass is 545 g/mol. The summed E-state index contributed by atoms with van der Waals surface area (Å²) in [4.78, 5) is 37.4. The van der Waals surface area contributed by atoms with Crippen molar-refractivity contribution in [2.45, 2.75) is 58.4 Å². The van der Waals surface area contributed by atoms with E-state index in [1.165, 1.54) is 0 Å². The molecule has 2 saturated carbocycles. The van der Waals surface area contributed by atoms with Crippen molar-refractivity contribution in [2.24, 2.45) is 22.5 Å². The molecule has 0 aliphatic heterocycles. The number of primary amides is 1. The van der Waals surface area contributed by atoms with Crippen molar-refractivity contribution in [1.82, 2.24) is 10.6 Å². The minimum Gasteiger partial charge on any atom is -0.369 e. The number of nitrogens with two attached hydrogens (primary N) is 1. The van der Waals surface area contributed by atoms with Crippen molar-refractivity contribution < 1.29 is 14.4 Å². The maximum atomic E-state index is 12.9. The van der Waals surface area contributed by atoms with Gasteiger partial charge in [0.05, 0.1) is 0 Å². The highest BCUT2D eigenvalue weighted by Gasteiger charge is 2.50. The molecule has 6 nitrogen and oxygen atoms in total. The molecule has 0 spiro atoms. The molecule has 2 aliphatic carbocycles. The van der Waals surface area contributed by atoms with Gasteiger partial charge in [-0.1, -0.05) is 31.9 Å².